The van der Waals surface area contributed by atoms with Crippen LogP contribution < -0.4 is 14.4 Å². The summed E-state index contributed by atoms with van der Waals surface area (Å²) in [5, 5.41) is 2.95. The average molecular weight is 532 g/mol. The van der Waals surface area contributed by atoms with Crippen molar-refractivity contribution in [3.63, 3.8) is 0 Å². The van der Waals surface area contributed by atoms with E-state index in [1.165, 1.54) is 10.6 Å². The number of ether oxygens (including phenoxy) is 1. The molecule has 0 saturated carbocycles. The third kappa shape index (κ3) is 9.07. The zero-order chi connectivity index (χ0) is 28.0. The van der Waals surface area contributed by atoms with E-state index < -0.39 is 21.6 Å². The molecule has 1 unspecified atom stereocenters. The number of hydrogen-bond donors (Lipinski definition) is 1. The summed E-state index contributed by atoms with van der Waals surface area (Å²) in [6.07, 6.45) is 1.58. The van der Waals surface area contributed by atoms with Crippen molar-refractivity contribution in [1.82, 2.24) is 10.2 Å². The van der Waals surface area contributed by atoms with Crippen molar-refractivity contribution < 1.29 is 22.7 Å². The lowest BCUT2D eigenvalue weighted by Crippen LogP contribution is -2.52. The molecule has 0 bridgehead atoms. The number of carbonyl (C=O) groups is 2. The Labute approximate surface area is 222 Å². The Balaban J connectivity index is 2.23. The highest BCUT2D eigenvalue weighted by molar-refractivity contribution is 7.92. The maximum Gasteiger partial charge on any atom is 0.242 e. The monoisotopic (exact) mass is 531 g/mol. The fraction of sp³-hybridized carbons (Fsp3) is 0.500. The Morgan fingerprint density at radius 2 is 1.68 bits per heavy atom. The normalized spacial score (nSPS) is 12.5. The Morgan fingerprint density at radius 3 is 2.22 bits per heavy atom. The number of nitrogens with one attached hydrogen (secondary N) is 1. The molecule has 0 aromatic heterocycles. The first-order valence-corrected chi connectivity index (χ1v) is 14.3. The molecule has 1 atom stereocenters. The maximum atomic E-state index is 13.4. The molecule has 0 saturated heterocycles. The van der Waals surface area contributed by atoms with Gasteiger partial charge >= 0.3 is 0 Å². The second kappa shape index (κ2) is 12.4. The Morgan fingerprint density at radius 1 is 1.05 bits per heavy atom. The van der Waals surface area contributed by atoms with Crippen molar-refractivity contribution in [2.75, 3.05) is 24.2 Å². The van der Waals surface area contributed by atoms with Crippen molar-refractivity contribution in [1.29, 1.82) is 0 Å². The molecule has 37 heavy (non-hydrogen) atoms. The van der Waals surface area contributed by atoms with Gasteiger partial charge in [-0.3, -0.25) is 13.9 Å². The van der Waals surface area contributed by atoms with Gasteiger partial charge in [-0.25, -0.2) is 8.42 Å². The number of aryl methyl sites for hydroxylation is 2. The van der Waals surface area contributed by atoms with Crippen LogP contribution in [0.15, 0.2) is 42.5 Å². The zero-order valence-corrected chi connectivity index (χ0v) is 24.1. The molecule has 8 nitrogen and oxygen atoms in total. The van der Waals surface area contributed by atoms with Crippen LogP contribution >= 0.6 is 0 Å². The van der Waals surface area contributed by atoms with Gasteiger partial charge in [0.25, 0.3) is 0 Å². The standard InChI is InChI=1S/C28H41N3O5S/c1-20-11-12-21(2)25(18-20)31(37(8,34)35)17-9-10-26(32)30(22(3)27(33)29-28(4,5)6)19-23-13-15-24(36-7)16-14-23/h11-16,18,22H,9-10,17,19H2,1-8H3,(H,29,33). The quantitative estimate of drug-likeness (QED) is 0.469. The highest BCUT2D eigenvalue weighted by atomic mass is 32.2. The Hall–Kier alpha value is -3.07. The minimum atomic E-state index is -3.55. The second-order valence-corrected chi connectivity index (χ2v) is 12.4. The van der Waals surface area contributed by atoms with Gasteiger partial charge in [-0.05, 0) is 82.9 Å². The van der Waals surface area contributed by atoms with Crippen LogP contribution in [0, 0.1) is 13.8 Å². The summed E-state index contributed by atoms with van der Waals surface area (Å²) in [5.41, 5.74) is 2.83. The predicted molar refractivity (Wildman–Crippen MR) is 148 cm³/mol. The summed E-state index contributed by atoms with van der Waals surface area (Å²) in [6.45, 7) is 11.6. The number of methoxy groups -OCH3 is 1. The second-order valence-electron chi connectivity index (χ2n) is 10.5. The predicted octanol–water partition coefficient (Wildman–Crippen LogP) is 4.19. The molecule has 0 aliphatic carbocycles. The molecule has 0 radical (unpaired) electrons. The summed E-state index contributed by atoms with van der Waals surface area (Å²) >= 11 is 0. The number of amides is 2. The average Bonchev–Trinajstić information content (AvgIpc) is 2.80. The summed E-state index contributed by atoms with van der Waals surface area (Å²) in [5.74, 6) is 0.233. The highest BCUT2D eigenvalue weighted by Gasteiger charge is 2.29. The molecule has 2 rings (SSSR count). The first-order valence-electron chi connectivity index (χ1n) is 12.4. The molecular formula is C28H41N3O5S. The third-order valence-corrected chi connectivity index (χ3v) is 7.14. The molecular weight excluding hydrogens is 490 g/mol. The van der Waals surface area contributed by atoms with Crippen molar-refractivity contribution in [2.24, 2.45) is 0 Å². The molecule has 1 N–H and O–H groups in total. The van der Waals surface area contributed by atoms with Crippen molar-refractivity contribution in [2.45, 2.75) is 72.5 Å². The third-order valence-electron chi connectivity index (χ3n) is 5.96. The molecule has 0 aliphatic heterocycles. The van der Waals surface area contributed by atoms with E-state index in [2.05, 4.69) is 5.32 Å². The molecule has 0 aliphatic rings. The number of anilines is 1. The molecule has 2 aromatic rings. The summed E-state index contributed by atoms with van der Waals surface area (Å²) in [7, 11) is -1.96. The lowest BCUT2D eigenvalue weighted by atomic mass is 10.1. The fourth-order valence-electron chi connectivity index (χ4n) is 3.95. The molecule has 0 spiro atoms. The van der Waals surface area contributed by atoms with Crippen molar-refractivity contribution in [3.05, 3.63) is 59.2 Å². The van der Waals surface area contributed by atoms with Crippen LogP contribution in [0.25, 0.3) is 0 Å². The largest absolute Gasteiger partial charge is 0.497 e. The van der Waals surface area contributed by atoms with E-state index in [9.17, 15) is 18.0 Å². The highest BCUT2D eigenvalue weighted by Crippen LogP contribution is 2.25. The fourth-order valence-corrected chi connectivity index (χ4v) is 4.97. The topological polar surface area (TPSA) is 96.0 Å². The zero-order valence-electron chi connectivity index (χ0n) is 23.3. The van der Waals surface area contributed by atoms with Gasteiger partial charge in [-0.15, -0.1) is 0 Å². The summed E-state index contributed by atoms with van der Waals surface area (Å²) in [6, 6.07) is 12.3. The van der Waals surface area contributed by atoms with Crippen LogP contribution in [0.3, 0.4) is 0 Å². The van der Waals surface area contributed by atoms with Gasteiger partial charge < -0.3 is 15.0 Å². The number of hydrogen-bond acceptors (Lipinski definition) is 5. The summed E-state index contributed by atoms with van der Waals surface area (Å²) in [4.78, 5) is 27.9. The van der Waals surface area contributed by atoms with Gasteiger partial charge in [0.05, 0.1) is 19.1 Å². The maximum absolute atomic E-state index is 13.4. The van der Waals surface area contributed by atoms with Crippen LogP contribution in [-0.4, -0.2) is 56.6 Å². The van der Waals surface area contributed by atoms with Crippen LogP contribution in [0.2, 0.25) is 0 Å². The molecule has 0 heterocycles. The first-order chi connectivity index (χ1) is 17.1. The molecule has 2 amide bonds. The van der Waals surface area contributed by atoms with E-state index in [-0.39, 0.29) is 31.3 Å². The number of sulfonamides is 1. The van der Waals surface area contributed by atoms with Gasteiger partial charge in [0.2, 0.25) is 21.8 Å². The van der Waals surface area contributed by atoms with Gasteiger partial charge in [0.1, 0.15) is 11.8 Å². The Kier molecular flexibility index (Phi) is 10.1. The molecule has 204 valence electrons. The molecule has 0 fully saturated rings. The van der Waals surface area contributed by atoms with Gasteiger partial charge in [-0.2, -0.15) is 0 Å². The minimum Gasteiger partial charge on any atom is -0.497 e. The van der Waals surface area contributed by atoms with Crippen LogP contribution in [0.1, 0.15) is 57.2 Å². The first kappa shape index (κ1) is 30.2. The molecule has 9 heteroatoms. The lowest BCUT2D eigenvalue weighted by Gasteiger charge is -2.32. The van der Waals surface area contributed by atoms with Gasteiger partial charge in [0, 0.05) is 25.0 Å². The minimum absolute atomic E-state index is 0.0974. The number of carbonyl (C=O) groups excluding carboxylic acids is 2. The van der Waals surface area contributed by atoms with Crippen molar-refractivity contribution in [3.8, 4) is 5.75 Å². The van der Waals surface area contributed by atoms with Gasteiger partial charge in [-0.1, -0.05) is 24.3 Å². The van der Waals surface area contributed by atoms with E-state index in [1.807, 2.05) is 77.1 Å². The molecule has 2 aromatic carbocycles. The van der Waals surface area contributed by atoms with E-state index >= 15 is 0 Å². The SMILES string of the molecule is COc1ccc(CN(C(=O)CCCN(c2cc(C)ccc2C)S(C)(=O)=O)C(C)C(=O)NC(C)(C)C)cc1. The van der Waals surface area contributed by atoms with Crippen molar-refractivity contribution >= 4 is 27.5 Å². The van der Waals surface area contributed by atoms with Gasteiger partial charge in [0.15, 0.2) is 0 Å². The van der Waals surface area contributed by atoms with E-state index in [0.29, 0.717) is 17.9 Å². The number of benzene rings is 2. The smallest absolute Gasteiger partial charge is 0.242 e. The lowest BCUT2D eigenvalue weighted by molar-refractivity contribution is -0.141. The van der Waals surface area contributed by atoms with E-state index in [4.69, 9.17) is 4.74 Å². The van der Waals surface area contributed by atoms with E-state index in [1.54, 1.807) is 18.9 Å². The Bertz CT molecular complexity index is 1190. The van der Waals surface area contributed by atoms with Crippen LogP contribution in [0.4, 0.5) is 5.69 Å². The summed E-state index contributed by atoms with van der Waals surface area (Å²) < 4.78 is 31.8. The van der Waals surface area contributed by atoms with E-state index in [0.717, 1.165) is 16.7 Å². The van der Waals surface area contributed by atoms with Crippen LogP contribution in [-0.2, 0) is 26.2 Å². The number of nitrogens with zero attached hydrogens (tertiary/aromatic N) is 2. The number of rotatable bonds is 11. The van der Waals surface area contributed by atoms with Crippen LogP contribution in [0.5, 0.6) is 5.75 Å².